The average molecular weight is 357 g/mol. The molecule has 0 saturated carbocycles. The van der Waals surface area contributed by atoms with E-state index < -0.39 is 5.91 Å². The Hall–Kier alpha value is -2.78. The second-order valence-corrected chi connectivity index (χ2v) is 6.32. The molecule has 128 valence electrons. The summed E-state index contributed by atoms with van der Waals surface area (Å²) in [5.74, 6) is -0.662. The van der Waals surface area contributed by atoms with Crippen molar-refractivity contribution in [3.05, 3.63) is 35.3 Å². The summed E-state index contributed by atoms with van der Waals surface area (Å²) in [7, 11) is 0. The van der Waals surface area contributed by atoms with E-state index in [0.717, 1.165) is 23.7 Å². The summed E-state index contributed by atoms with van der Waals surface area (Å²) in [6.45, 7) is 2.82. The average Bonchev–Trinajstić information content (AvgIpc) is 3.25. The number of H-pyrrole nitrogens is 1. The number of aromatic nitrogens is 2. The lowest BCUT2D eigenvalue weighted by molar-refractivity contribution is 0.0991. The number of rotatable bonds is 3. The van der Waals surface area contributed by atoms with E-state index in [-0.39, 0.29) is 17.3 Å². The number of thiazole rings is 1. The number of nitrogens with one attached hydrogen (secondary N) is 1. The highest BCUT2D eigenvalue weighted by Gasteiger charge is 2.18. The first-order valence-electron chi connectivity index (χ1n) is 7.76. The molecule has 1 saturated heterocycles. The van der Waals surface area contributed by atoms with Crippen LogP contribution in [0.5, 0.6) is 5.88 Å². The topological polar surface area (TPSA) is 103 Å². The number of hydrogen-bond acceptors (Lipinski definition) is 7. The lowest BCUT2D eigenvalue weighted by Gasteiger charge is -2.25. The first kappa shape index (κ1) is 15.7. The second-order valence-electron chi connectivity index (χ2n) is 5.49. The van der Waals surface area contributed by atoms with Crippen LogP contribution in [-0.2, 0) is 4.74 Å². The molecule has 1 aliphatic heterocycles. The van der Waals surface area contributed by atoms with Gasteiger partial charge in [0, 0.05) is 23.9 Å². The molecule has 3 aromatic rings. The fourth-order valence-electron chi connectivity index (χ4n) is 2.62. The predicted molar refractivity (Wildman–Crippen MR) is 94.0 cm³/mol. The summed E-state index contributed by atoms with van der Waals surface area (Å²) in [6, 6.07) is 7.27. The molecule has 2 aromatic heterocycles. The molecule has 4 rings (SSSR count). The lowest BCUT2D eigenvalue weighted by Crippen LogP contribution is -2.36. The van der Waals surface area contributed by atoms with E-state index >= 15 is 0 Å². The van der Waals surface area contributed by atoms with Crippen molar-refractivity contribution in [3.63, 3.8) is 0 Å². The SMILES string of the molecule is O=C(N=Nc1c(O)[nH]c2ccccc12)c1csc(N2CCOCC2)n1. The first-order valence-corrected chi connectivity index (χ1v) is 8.64. The Labute approximate surface area is 146 Å². The zero-order chi connectivity index (χ0) is 17.2. The molecule has 8 nitrogen and oxygen atoms in total. The van der Waals surface area contributed by atoms with E-state index in [1.165, 1.54) is 11.3 Å². The summed E-state index contributed by atoms with van der Waals surface area (Å²) in [6.07, 6.45) is 0. The quantitative estimate of drug-likeness (QED) is 0.701. The molecule has 1 fully saturated rings. The van der Waals surface area contributed by atoms with E-state index in [2.05, 4.69) is 25.1 Å². The molecule has 0 atom stereocenters. The molecule has 0 radical (unpaired) electrons. The number of nitrogens with zero attached hydrogens (tertiary/aromatic N) is 4. The Bertz CT molecular complexity index is 942. The molecular formula is C16H15N5O3S. The molecule has 0 unspecified atom stereocenters. The van der Waals surface area contributed by atoms with Crippen molar-refractivity contribution in [3.8, 4) is 5.88 Å². The summed E-state index contributed by atoms with van der Waals surface area (Å²) < 4.78 is 5.31. The molecule has 0 bridgehead atoms. The number of hydrogen-bond donors (Lipinski definition) is 2. The molecule has 1 amide bonds. The third-order valence-electron chi connectivity index (χ3n) is 3.89. The number of para-hydroxylation sites is 1. The van der Waals surface area contributed by atoms with Crippen LogP contribution < -0.4 is 4.90 Å². The van der Waals surface area contributed by atoms with Gasteiger partial charge in [-0.05, 0) is 6.07 Å². The van der Waals surface area contributed by atoms with Gasteiger partial charge in [0.2, 0.25) is 5.88 Å². The van der Waals surface area contributed by atoms with E-state index in [1.54, 1.807) is 11.4 Å². The van der Waals surface area contributed by atoms with Crippen LogP contribution in [0.3, 0.4) is 0 Å². The number of carbonyl (C=O) groups is 1. The minimum atomic E-state index is -0.541. The van der Waals surface area contributed by atoms with Gasteiger partial charge in [-0.2, -0.15) is 0 Å². The van der Waals surface area contributed by atoms with Crippen LogP contribution in [-0.4, -0.2) is 47.3 Å². The predicted octanol–water partition coefficient (Wildman–Crippen LogP) is 3.09. The maximum absolute atomic E-state index is 12.2. The van der Waals surface area contributed by atoms with Crippen molar-refractivity contribution >= 4 is 39.0 Å². The normalized spacial score (nSPS) is 15.3. The Morgan fingerprint density at radius 3 is 2.96 bits per heavy atom. The van der Waals surface area contributed by atoms with E-state index in [4.69, 9.17) is 4.74 Å². The molecular weight excluding hydrogens is 342 g/mol. The monoisotopic (exact) mass is 357 g/mol. The molecule has 2 N–H and O–H groups in total. The van der Waals surface area contributed by atoms with Crippen molar-refractivity contribution < 1.29 is 14.6 Å². The third kappa shape index (κ3) is 3.11. The van der Waals surface area contributed by atoms with Gasteiger partial charge < -0.3 is 19.7 Å². The molecule has 9 heteroatoms. The number of benzene rings is 1. The van der Waals surface area contributed by atoms with Crippen LogP contribution in [0, 0.1) is 0 Å². The fraction of sp³-hybridized carbons (Fsp3) is 0.250. The maximum atomic E-state index is 12.2. The fourth-order valence-corrected chi connectivity index (χ4v) is 3.48. The number of fused-ring (bicyclic) bond motifs is 1. The van der Waals surface area contributed by atoms with E-state index in [1.807, 2.05) is 18.2 Å². The van der Waals surface area contributed by atoms with Crippen LogP contribution >= 0.6 is 11.3 Å². The minimum absolute atomic E-state index is 0.120. The molecule has 25 heavy (non-hydrogen) atoms. The minimum Gasteiger partial charge on any atom is -0.493 e. The van der Waals surface area contributed by atoms with Gasteiger partial charge in [-0.25, -0.2) is 4.98 Å². The summed E-state index contributed by atoms with van der Waals surface area (Å²) in [5.41, 5.74) is 1.21. The van der Waals surface area contributed by atoms with Crippen LogP contribution in [0.15, 0.2) is 39.9 Å². The molecule has 1 aliphatic rings. The van der Waals surface area contributed by atoms with Gasteiger partial charge in [-0.3, -0.25) is 4.79 Å². The van der Waals surface area contributed by atoms with Gasteiger partial charge in [0.15, 0.2) is 10.8 Å². The Morgan fingerprint density at radius 2 is 2.12 bits per heavy atom. The smallest absolute Gasteiger partial charge is 0.314 e. The first-order chi connectivity index (χ1) is 12.2. The highest BCUT2D eigenvalue weighted by molar-refractivity contribution is 7.13. The van der Waals surface area contributed by atoms with Gasteiger partial charge in [0.25, 0.3) is 0 Å². The molecule has 0 aliphatic carbocycles. The number of amides is 1. The number of aromatic hydroxyl groups is 1. The van der Waals surface area contributed by atoms with Gasteiger partial charge in [-0.1, -0.05) is 18.2 Å². The van der Waals surface area contributed by atoms with E-state index in [9.17, 15) is 9.90 Å². The van der Waals surface area contributed by atoms with Gasteiger partial charge in [-0.15, -0.1) is 21.6 Å². The largest absolute Gasteiger partial charge is 0.493 e. The Kier molecular flexibility index (Phi) is 4.16. The number of ether oxygens (including phenoxy) is 1. The van der Waals surface area contributed by atoms with Crippen molar-refractivity contribution in [2.45, 2.75) is 0 Å². The van der Waals surface area contributed by atoms with Crippen molar-refractivity contribution in [2.24, 2.45) is 10.2 Å². The van der Waals surface area contributed by atoms with Gasteiger partial charge >= 0.3 is 5.91 Å². The van der Waals surface area contributed by atoms with Crippen molar-refractivity contribution in [1.82, 2.24) is 9.97 Å². The summed E-state index contributed by atoms with van der Waals surface area (Å²) >= 11 is 1.39. The maximum Gasteiger partial charge on any atom is 0.314 e. The molecule has 0 spiro atoms. The molecule has 1 aromatic carbocycles. The number of anilines is 1. The van der Waals surface area contributed by atoms with E-state index in [0.29, 0.717) is 18.6 Å². The van der Waals surface area contributed by atoms with Crippen molar-refractivity contribution in [1.29, 1.82) is 0 Å². The highest BCUT2D eigenvalue weighted by atomic mass is 32.1. The van der Waals surface area contributed by atoms with Crippen molar-refractivity contribution in [2.75, 3.05) is 31.2 Å². The number of azo groups is 1. The number of aromatic amines is 1. The van der Waals surface area contributed by atoms with Gasteiger partial charge in [0.1, 0.15) is 5.69 Å². The van der Waals surface area contributed by atoms with Crippen LogP contribution in [0.2, 0.25) is 0 Å². The standard InChI is InChI=1S/C16H15N5O3S/c22-14(12-9-25-16(18-12)21-5-7-24-8-6-21)20-19-13-10-3-1-2-4-11(10)17-15(13)23/h1-4,9,17,23H,5-8H2. The number of morpholine rings is 1. The van der Waals surface area contributed by atoms with Crippen LogP contribution in [0.4, 0.5) is 10.8 Å². The van der Waals surface area contributed by atoms with Crippen LogP contribution in [0.1, 0.15) is 10.5 Å². The zero-order valence-corrected chi connectivity index (χ0v) is 14.0. The number of carbonyl (C=O) groups excluding carboxylic acids is 1. The lowest BCUT2D eigenvalue weighted by atomic mass is 10.2. The molecule has 3 heterocycles. The second kappa shape index (κ2) is 6.61. The third-order valence-corrected chi connectivity index (χ3v) is 4.79. The zero-order valence-electron chi connectivity index (χ0n) is 13.2. The van der Waals surface area contributed by atoms with Gasteiger partial charge in [0.05, 0.1) is 18.7 Å². The van der Waals surface area contributed by atoms with Crippen LogP contribution in [0.25, 0.3) is 10.9 Å². The summed E-state index contributed by atoms with van der Waals surface area (Å²) in [5, 5.41) is 20.7. The Morgan fingerprint density at radius 1 is 1.32 bits per heavy atom. The Balaban J connectivity index is 1.54. The summed E-state index contributed by atoms with van der Waals surface area (Å²) in [4.78, 5) is 21.4. The highest BCUT2D eigenvalue weighted by Crippen LogP contribution is 2.35.